The van der Waals surface area contributed by atoms with E-state index in [2.05, 4.69) is 41.9 Å². The summed E-state index contributed by atoms with van der Waals surface area (Å²) in [6.07, 6.45) is 0. The average Bonchev–Trinajstić information content (AvgIpc) is 2.50. The van der Waals surface area contributed by atoms with Crippen LogP contribution in [-0.4, -0.2) is 6.54 Å². The van der Waals surface area contributed by atoms with Gasteiger partial charge in [0.15, 0.2) is 0 Å². The molecule has 0 aliphatic heterocycles. The van der Waals surface area contributed by atoms with Crippen LogP contribution in [0.5, 0.6) is 0 Å². The second-order valence-electron chi connectivity index (χ2n) is 2.68. The summed E-state index contributed by atoms with van der Waals surface area (Å²) in [6, 6.07) is 8.46. The van der Waals surface area contributed by atoms with Gasteiger partial charge < -0.3 is 5.32 Å². The fourth-order valence-corrected chi connectivity index (χ4v) is 2.28. The number of rotatable bonds is 2. The van der Waals surface area contributed by atoms with Crippen LogP contribution in [0.2, 0.25) is 0 Å². The molecule has 62 valence electrons. The Morgan fingerprint density at radius 2 is 2.17 bits per heavy atom. The Labute approximate surface area is 76.0 Å². The van der Waals surface area contributed by atoms with Gasteiger partial charge in [0, 0.05) is 17.3 Å². The maximum atomic E-state index is 3.35. The van der Waals surface area contributed by atoms with Crippen LogP contribution >= 0.6 is 11.3 Å². The molecule has 2 rings (SSSR count). The highest BCUT2D eigenvalue weighted by molar-refractivity contribution is 7.16. The summed E-state index contributed by atoms with van der Waals surface area (Å²) in [7, 11) is 0. The number of hydrogen-bond acceptors (Lipinski definition) is 2. The number of nitrogens with one attached hydrogen (secondary N) is 1. The van der Waals surface area contributed by atoms with Crippen molar-refractivity contribution in [3.63, 3.8) is 0 Å². The first-order valence-electron chi connectivity index (χ1n) is 4.12. The van der Waals surface area contributed by atoms with Gasteiger partial charge in [-0.3, -0.25) is 0 Å². The minimum Gasteiger partial charge on any atom is -0.377 e. The molecule has 1 heterocycles. The molecule has 0 bridgehead atoms. The van der Waals surface area contributed by atoms with Gasteiger partial charge >= 0.3 is 0 Å². The summed E-state index contributed by atoms with van der Waals surface area (Å²) in [4.78, 5) is 0. The van der Waals surface area contributed by atoms with Gasteiger partial charge in [-0.25, -0.2) is 0 Å². The molecule has 0 spiro atoms. The molecule has 0 aliphatic rings. The third-order valence-corrected chi connectivity index (χ3v) is 2.82. The summed E-state index contributed by atoms with van der Waals surface area (Å²) >= 11 is 1.78. The third kappa shape index (κ3) is 1.18. The first kappa shape index (κ1) is 7.62. The molecule has 1 nitrogen and oxygen atoms in total. The number of thiophene rings is 1. The summed E-state index contributed by atoms with van der Waals surface area (Å²) in [6.45, 7) is 3.11. The first-order valence-corrected chi connectivity index (χ1v) is 5.00. The molecule has 0 unspecified atom stereocenters. The average molecular weight is 177 g/mol. The van der Waals surface area contributed by atoms with Crippen molar-refractivity contribution in [2.24, 2.45) is 0 Å². The summed E-state index contributed by atoms with van der Waals surface area (Å²) in [5.41, 5.74) is 0. The number of fused-ring (bicyclic) bond motifs is 1. The van der Waals surface area contributed by atoms with Crippen LogP contribution < -0.4 is 5.32 Å². The fraction of sp³-hybridized carbons (Fsp3) is 0.200. The molecule has 0 saturated carbocycles. The van der Waals surface area contributed by atoms with Gasteiger partial charge in [-0.1, -0.05) is 24.3 Å². The Balaban J connectivity index is 2.55. The second-order valence-corrected chi connectivity index (χ2v) is 3.56. The maximum absolute atomic E-state index is 3.35. The van der Waals surface area contributed by atoms with Gasteiger partial charge in [0.05, 0.1) is 5.00 Å². The van der Waals surface area contributed by atoms with Crippen molar-refractivity contribution in [3.8, 4) is 0 Å². The zero-order valence-electron chi connectivity index (χ0n) is 7.00. The van der Waals surface area contributed by atoms with Gasteiger partial charge in [0.2, 0.25) is 0 Å². The van der Waals surface area contributed by atoms with Crippen LogP contribution in [0, 0.1) is 0 Å². The van der Waals surface area contributed by atoms with Crippen molar-refractivity contribution in [3.05, 3.63) is 29.6 Å². The SMILES string of the molecule is CCNc1scc2ccccc12. The summed E-state index contributed by atoms with van der Waals surface area (Å²) in [5.74, 6) is 0. The molecule has 2 aromatic rings. The molecular weight excluding hydrogens is 166 g/mol. The molecule has 12 heavy (non-hydrogen) atoms. The standard InChI is InChI=1S/C10H11NS/c1-2-11-10-9-6-4-3-5-8(9)7-12-10/h3-7,11H,2H2,1H3. The Morgan fingerprint density at radius 3 is 3.00 bits per heavy atom. The van der Waals surface area contributed by atoms with E-state index in [4.69, 9.17) is 0 Å². The summed E-state index contributed by atoms with van der Waals surface area (Å²) < 4.78 is 0. The lowest BCUT2D eigenvalue weighted by molar-refractivity contribution is 1.23. The van der Waals surface area contributed by atoms with Gasteiger partial charge in [0.1, 0.15) is 0 Å². The highest BCUT2D eigenvalue weighted by Gasteiger charge is 1.99. The zero-order chi connectivity index (χ0) is 8.39. The predicted molar refractivity (Wildman–Crippen MR) is 56.0 cm³/mol. The second kappa shape index (κ2) is 3.15. The molecule has 1 N–H and O–H groups in total. The molecule has 2 heteroatoms. The Morgan fingerprint density at radius 1 is 1.33 bits per heavy atom. The Hall–Kier alpha value is -1.02. The van der Waals surface area contributed by atoms with E-state index >= 15 is 0 Å². The predicted octanol–water partition coefficient (Wildman–Crippen LogP) is 3.33. The van der Waals surface area contributed by atoms with Crippen molar-refractivity contribution in [2.75, 3.05) is 11.9 Å². The Bertz CT molecular complexity index is 378. The largest absolute Gasteiger partial charge is 0.377 e. The van der Waals surface area contributed by atoms with Gasteiger partial charge in [-0.05, 0) is 12.3 Å². The van der Waals surface area contributed by atoms with Crippen LogP contribution in [0.1, 0.15) is 6.92 Å². The normalized spacial score (nSPS) is 10.4. The molecule has 0 radical (unpaired) electrons. The molecule has 0 atom stereocenters. The Kier molecular flexibility index (Phi) is 2.00. The third-order valence-electron chi connectivity index (χ3n) is 1.85. The van der Waals surface area contributed by atoms with E-state index in [-0.39, 0.29) is 0 Å². The van der Waals surface area contributed by atoms with E-state index in [0.29, 0.717) is 0 Å². The van der Waals surface area contributed by atoms with Crippen molar-refractivity contribution in [2.45, 2.75) is 6.92 Å². The lowest BCUT2D eigenvalue weighted by Crippen LogP contribution is -1.93. The van der Waals surface area contributed by atoms with Crippen LogP contribution in [0.25, 0.3) is 10.8 Å². The smallest absolute Gasteiger partial charge is 0.0962 e. The molecule has 1 aromatic heterocycles. The minimum atomic E-state index is 0.991. The van der Waals surface area contributed by atoms with Crippen LogP contribution in [-0.2, 0) is 0 Å². The topological polar surface area (TPSA) is 12.0 Å². The molecule has 0 aliphatic carbocycles. The lowest BCUT2D eigenvalue weighted by atomic mass is 10.2. The van der Waals surface area contributed by atoms with Gasteiger partial charge in [0.25, 0.3) is 0 Å². The van der Waals surface area contributed by atoms with Gasteiger partial charge in [-0.2, -0.15) is 0 Å². The van der Waals surface area contributed by atoms with Crippen LogP contribution in [0.3, 0.4) is 0 Å². The first-order chi connectivity index (χ1) is 5.92. The molecular formula is C10H11NS. The molecule has 0 saturated heterocycles. The number of anilines is 1. The number of benzene rings is 1. The number of hydrogen-bond donors (Lipinski definition) is 1. The zero-order valence-corrected chi connectivity index (χ0v) is 7.82. The molecule has 0 amide bonds. The molecule has 0 fully saturated rings. The summed E-state index contributed by atoms with van der Waals surface area (Å²) in [5, 5.41) is 9.49. The van der Waals surface area contributed by atoms with E-state index in [1.54, 1.807) is 11.3 Å². The molecule has 1 aromatic carbocycles. The van der Waals surface area contributed by atoms with Crippen molar-refractivity contribution in [1.29, 1.82) is 0 Å². The van der Waals surface area contributed by atoms with E-state index in [1.165, 1.54) is 15.8 Å². The van der Waals surface area contributed by atoms with E-state index in [0.717, 1.165) is 6.54 Å². The van der Waals surface area contributed by atoms with Crippen LogP contribution in [0.4, 0.5) is 5.00 Å². The monoisotopic (exact) mass is 177 g/mol. The minimum absolute atomic E-state index is 0.991. The highest BCUT2D eigenvalue weighted by atomic mass is 32.1. The van der Waals surface area contributed by atoms with Crippen molar-refractivity contribution < 1.29 is 0 Å². The quantitative estimate of drug-likeness (QED) is 0.742. The van der Waals surface area contributed by atoms with Crippen LogP contribution in [0.15, 0.2) is 29.6 Å². The van der Waals surface area contributed by atoms with E-state index < -0.39 is 0 Å². The van der Waals surface area contributed by atoms with E-state index in [1.807, 2.05) is 0 Å². The van der Waals surface area contributed by atoms with Crippen molar-refractivity contribution >= 4 is 27.1 Å². The van der Waals surface area contributed by atoms with Crippen molar-refractivity contribution in [1.82, 2.24) is 0 Å². The fourth-order valence-electron chi connectivity index (χ4n) is 1.29. The lowest BCUT2D eigenvalue weighted by Gasteiger charge is -1.98. The highest BCUT2D eigenvalue weighted by Crippen LogP contribution is 2.29. The van der Waals surface area contributed by atoms with E-state index in [9.17, 15) is 0 Å². The maximum Gasteiger partial charge on any atom is 0.0962 e. The van der Waals surface area contributed by atoms with Gasteiger partial charge in [-0.15, -0.1) is 11.3 Å².